The summed E-state index contributed by atoms with van der Waals surface area (Å²) in [6.07, 6.45) is 3.95. The number of aliphatic imine (C=N–C) groups is 1. The van der Waals surface area contributed by atoms with E-state index in [9.17, 15) is 13.6 Å². The summed E-state index contributed by atoms with van der Waals surface area (Å²) in [5, 5.41) is 10.3. The number of amidine groups is 1. The van der Waals surface area contributed by atoms with Crippen LogP contribution in [0, 0.1) is 11.7 Å². The van der Waals surface area contributed by atoms with E-state index in [0.717, 1.165) is 12.6 Å². The lowest BCUT2D eigenvalue weighted by atomic mass is 9.77. The molecule has 0 spiro atoms. The van der Waals surface area contributed by atoms with Gasteiger partial charge in [0, 0.05) is 35.5 Å². The first-order valence-electron chi connectivity index (χ1n) is 12.6. The molecule has 4 heterocycles. The smallest absolute Gasteiger partial charge is 0.275 e. The lowest BCUT2D eigenvalue weighted by Crippen LogP contribution is -2.46. The van der Waals surface area contributed by atoms with Gasteiger partial charge in [0.1, 0.15) is 35.8 Å². The predicted molar refractivity (Wildman–Crippen MR) is 147 cm³/mol. The number of fused-ring (bicyclic) bond motifs is 1. The number of alkyl halides is 2. The number of benzene rings is 2. The Hall–Kier alpha value is -4.30. The quantitative estimate of drug-likeness (QED) is 0.342. The molecular weight excluding hydrogens is 557 g/mol. The van der Waals surface area contributed by atoms with E-state index in [1.54, 1.807) is 0 Å². The lowest BCUT2D eigenvalue weighted by Gasteiger charge is -2.38. The van der Waals surface area contributed by atoms with Crippen molar-refractivity contribution in [2.75, 3.05) is 23.0 Å². The van der Waals surface area contributed by atoms with Crippen molar-refractivity contribution in [1.29, 1.82) is 0 Å². The van der Waals surface area contributed by atoms with Crippen molar-refractivity contribution >= 4 is 34.2 Å². The molecule has 2 aliphatic heterocycles. The SMILES string of the molecule is CC(F)(F)[C@H]1OC[C@]2(c3cc(NC(=O)c4cnc(-n5cncn5)cn4)ccc3F)N=C(Nc3ccccc3)SC[C@H]12. The van der Waals surface area contributed by atoms with Crippen molar-refractivity contribution < 1.29 is 22.7 Å². The molecule has 14 heteroatoms. The minimum Gasteiger partial charge on any atom is -0.369 e. The Morgan fingerprint density at radius 2 is 1.98 bits per heavy atom. The van der Waals surface area contributed by atoms with Crippen LogP contribution in [0.15, 0.2) is 78.6 Å². The van der Waals surface area contributed by atoms with Crippen LogP contribution in [0.3, 0.4) is 0 Å². The van der Waals surface area contributed by atoms with Gasteiger partial charge in [-0.1, -0.05) is 30.0 Å². The maximum absolute atomic E-state index is 15.5. The third kappa shape index (κ3) is 5.27. The maximum atomic E-state index is 15.5. The number of anilines is 2. The van der Waals surface area contributed by atoms with E-state index in [1.165, 1.54) is 59.7 Å². The topological polar surface area (TPSA) is 119 Å². The fourth-order valence-corrected chi connectivity index (χ4v) is 6.18. The molecule has 0 aliphatic carbocycles. The van der Waals surface area contributed by atoms with Crippen molar-refractivity contribution in [2.24, 2.45) is 10.9 Å². The van der Waals surface area contributed by atoms with E-state index in [1.807, 2.05) is 30.3 Å². The van der Waals surface area contributed by atoms with Gasteiger partial charge in [0.2, 0.25) is 0 Å². The fourth-order valence-electron chi connectivity index (χ4n) is 4.97. The number of hydrogen-bond acceptors (Lipinski definition) is 9. The van der Waals surface area contributed by atoms with Gasteiger partial charge in [0.05, 0.1) is 19.0 Å². The minimum absolute atomic E-state index is 0.00658. The van der Waals surface area contributed by atoms with Gasteiger partial charge in [0.25, 0.3) is 11.8 Å². The Labute approximate surface area is 236 Å². The first-order valence-corrected chi connectivity index (χ1v) is 13.5. The van der Waals surface area contributed by atoms with Crippen LogP contribution in [0.1, 0.15) is 23.0 Å². The first kappa shape index (κ1) is 26.9. The van der Waals surface area contributed by atoms with Gasteiger partial charge in [-0.15, -0.1) is 0 Å². The number of para-hydroxylation sites is 1. The number of nitrogens with one attached hydrogen (secondary N) is 2. The Kier molecular flexibility index (Phi) is 6.95. The number of nitrogens with zero attached hydrogens (tertiary/aromatic N) is 6. The number of hydrogen-bond donors (Lipinski definition) is 2. The molecule has 1 fully saturated rings. The Balaban J connectivity index is 1.32. The lowest BCUT2D eigenvalue weighted by molar-refractivity contribution is -0.113. The van der Waals surface area contributed by atoms with Crippen LogP contribution in [-0.2, 0) is 10.3 Å². The number of carbonyl (C=O) groups excluding carboxylic acids is 1. The molecule has 2 N–H and O–H groups in total. The van der Waals surface area contributed by atoms with Gasteiger partial charge in [0.15, 0.2) is 11.0 Å². The highest BCUT2D eigenvalue weighted by Gasteiger charge is 2.60. The van der Waals surface area contributed by atoms with Gasteiger partial charge < -0.3 is 15.4 Å². The number of ether oxygens (including phenoxy) is 1. The van der Waals surface area contributed by atoms with E-state index in [0.29, 0.717) is 11.0 Å². The van der Waals surface area contributed by atoms with Crippen LogP contribution < -0.4 is 10.6 Å². The molecule has 6 rings (SSSR count). The molecule has 4 aromatic rings. The normalized spacial score (nSPS) is 22.1. The number of amides is 1. The second-order valence-corrected chi connectivity index (χ2v) is 10.7. The molecule has 2 aliphatic rings. The summed E-state index contributed by atoms with van der Waals surface area (Å²) in [5.41, 5.74) is -0.406. The molecule has 1 amide bonds. The number of halogens is 3. The van der Waals surface area contributed by atoms with Crippen LogP contribution in [0.4, 0.5) is 24.5 Å². The highest BCUT2D eigenvalue weighted by atomic mass is 32.2. The number of aromatic nitrogens is 5. The van der Waals surface area contributed by atoms with Gasteiger partial charge in [-0.3, -0.25) is 4.79 Å². The number of rotatable bonds is 6. The molecule has 1 saturated heterocycles. The van der Waals surface area contributed by atoms with Crippen LogP contribution in [0.25, 0.3) is 5.82 Å². The average molecular weight is 581 g/mol. The summed E-state index contributed by atoms with van der Waals surface area (Å²) in [7, 11) is 0. The van der Waals surface area contributed by atoms with E-state index in [2.05, 4.69) is 30.7 Å². The van der Waals surface area contributed by atoms with E-state index in [-0.39, 0.29) is 29.3 Å². The molecule has 210 valence electrons. The zero-order valence-corrected chi connectivity index (χ0v) is 22.4. The van der Waals surface area contributed by atoms with E-state index >= 15 is 4.39 Å². The molecule has 3 atom stereocenters. The Morgan fingerprint density at radius 3 is 2.68 bits per heavy atom. The zero-order valence-electron chi connectivity index (χ0n) is 21.5. The summed E-state index contributed by atoms with van der Waals surface area (Å²) in [6.45, 7) is 0.540. The molecule has 0 bridgehead atoms. The summed E-state index contributed by atoms with van der Waals surface area (Å²) in [5.74, 6) is -4.66. The molecule has 10 nitrogen and oxygen atoms in total. The highest BCUT2D eigenvalue weighted by Crippen LogP contribution is 2.52. The summed E-state index contributed by atoms with van der Waals surface area (Å²) >= 11 is 1.27. The Bertz CT molecular complexity index is 1580. The van der Waals surface area contributed by atoms with Crippen molar-refractivity contribution in [3.63, 3.8) is 0 Å². The highest BCUT2D eigenvalue weighted by molar-refractivity contribution is 8.14. The fraction of sp³-hybridized carbons (Fsp3) is 0.259. The third-order valence-corrected chi connectivity index (χ3v) is 7.89. The maximum Gasteiger partial charge on any atom is 0.275 e. The molecule has 0 saturated carbocycles. The van der Waals surface area contributed by atoms with Crippen LogP contribution in [-0.4, -0.2) is 60.2 Å². The minimum atomic E-state index is -3.17. The van der Waals surface area contributed by atoms with Gasteiger partial charge in [-0.25, -0.2) is 37.8 Å². The van der Waals surface area contributed by atoms with Crippen molar-refractivity contribution in [2.45, 2.75) is 24.5 Å². The van der Waals surface area contributed by atoms with Crippen LogP contribution in [0.5, 0.6) is 0 Å². The summed E-state index contributed by atoms with van der Waals surface area (Å²) < 4.78 is 51.8. The van der Waals surface area contributed by atoms with E-state index < -0.39 is 35.2 Å². The second kappa shape index (κ2) is 10.6. The predicted octanol–water partition coefficient (Wildman–Crippen LogP) is 4.53. The zero-order chi connectivity index (χ0) is 28.6. The van der Waals surface area contributed by atoms with Crippen LogP contribution in [0.2, 0.25) is 0 Å². The largest absolute Gasteiger partial charge is 0.369 e. The molecular formula is C27H23F3N8O2S. The van der Waals surface area contributed by atoms with Crippen molar-refractivity contribution in [3.05, 3.63) is 90.7 Å². The standard InChI is InChI=1S/C27H23F3N8O2S/c1-26(29,30)23-19-12-41-25(36-16-5-3-2-4-6-16)37-27(19,13-40-23)18-9-17(7-8-20(18)28)35-24(39)21-10-33-22(11-32-21)38-15-31-14-34-38/h2-11,14-15,19,23H,12-13H2,1H3,(H,35,39)(H,36,37)/t19-,23+,27-/m1/s1. The van der Waals surface area contributed by atoms with Crippen molar-refractivity contribution in [3.8, 4) is 5.82 Å². The molecule has 0 unspecified atom stereocenters. The molecule has 41 heavy (non-hydrogen) atoms. The monoisotopic (exact) mass is 580 g/mol. The number of thioether (sulfide) groups is 1. The molecule has 2 aromatic heterocycles. The average Bonchev–Trinajstić information content (AvgIpc) is 3.64. The van der Waals surface area contributed by atoms with Crippen LogP contribution >= 0.6 is 11.8 Å². The summed E-state index contributed by atoms with van der Waals surface area (Å²) in [4.78, 5) is 29.9. The number of carbonyl (C=O) groups is 1. The third-order valence-electron chi connectivity index (χ3n) is 6.90. The molecule has 2 aromatic carbocycles. The van der Waals surface area contributed by atoms with Gasteiger partial charge >= 0.3 is 0 Å². The van der Waals surface area contributed by atoms with Crippen molar-refractivity contribution in [1.82, 2.24) is 24.7 Å². The van der Waals surface area contributed by atoms with Gasteiger partial charge in [-0.2, -0.15) is 5.10 Å². The summed E-state index contributed by atoms with van der Waals surface area (Å²) in [6, 6.07) is 13.2. The van der Waals surface area contributed by atoms with E-state index in [4.69, 9.17) is 9.73 Å². The first-order chi connectivity index (χ1) is 19.7. The second-order valence-electron chi connectivity index (χ2n) is 9.69. The molecule has 0 radical (unpaired) electrons. The van der Waals surface area contributed by atoms with Gasteiger partial charge in [-0.05, 0) is 30.3 Å². The Morgan fingerprint density at radius 1 is 1.15 bits per heavy atom.